The molecule has 0 unspecified atom stereocenters. The van der Waals surface area contributed by atoms with E-state index in [1.165, 1.54) is 6.08 Å². The van der Waals surface area contributed by atoms with Crippen LogP contribution < -0.4 is 0 Å². The summed E-state index contributed by atoms with van der Waals surface area (Å²) in [7, 11) is 0. The number of carboxylic acid groups (broad SMARTS) is 1. The quantitative estimate of drug-likeness (QED) is 0.792. The molecular weight excluding hydrogens is 223 g/mol. The molecule has 4 heteroatoms. The molecule has 1 rings (SSSR count). The van der Waals surface area contributed by atoms with Gasteiger partial charge in [0.05, 0.1) is 5.02 Å². The summed E-state index contributed by atoms with van der Waals surface area (Å²) in [5, 5.41) is 9.38. The van der Waals surface area contributed by atoms with Gasteiger partial charge >= 0.3 is 5.97 Å². The molecule has 2 nitrogen and oxygen atoms in total. The first-order valence-corrected chi connectivity index (χ1v) is 4.63. The lowest BCUT2D eigenvalue weighted by Crippen LogP contribution is -1.88. The Hall–Kier alpha value is -0.990. The van der Waals surface area contributed by atoms with Crippen LogP contribution in [0, 0.1) is 6.92 Å². The van der Waals surface area contributed by atoms with Crippen molar-refractivity contribution < 1.29 is 9.90 Å². The first-order valence-electron chi connectivity index (χ1n) is 3.88. The molecule has 0 spiro atoms. The fraction of sp³-hybridized carbons (Fsp3) is 0.100. The third-order valence-corrected chi connectivity index (χ3v) is 2.54. The molecule has 0 saturated heterocycles. The molecule has 0 fully saturated rings. The highest BCUT2D eigenvalue weighted by Gasteiger charge is 2.05. The Kier molecular flexibility index (Phi) is 3.55. The van der Waals surface area contributed by atoms with Crippen LogP contribution in [0.25, 0.3) is 6.08 Å². The Morgan fingerprint density at radius 1 is 1.43 bits per heavy atom. The van der Waals surface area contributed by atoms with Gasteiger partial charge < -0.3 is 5.11 Å². The van der Waals surface area contributed by atoms with E-state index in [9.17, 15) is 4.79 Å². The maximum absolute atomic E-state index is 10.3. The summed E-state index contributed by atoms with van der Waals surface area (Å²) < 4.78 is 0. The number of hydrogen-bond acceptors (Lipinski definition) is 1. The lowest BCUT2D eigenvalue weighted by Gasteiger charge is -2.04. The minimum absolute atomic E-state index is 0.443. The number of carboxylic acids is 1. The van der Waals surface area contributed by atoms with E-state index in [0.717, 1.165) is 11.6 Å². The summed E-state index contributed by atoms with van der Waals surface area (Å²) in [4.78, 5) is 10.3. The Balaban J connectivity index is 3.19. The second kappa shape index (κ2) is 4.49. The lowest BCUT2D eigenvalue weighted by atomic mass is 10.1. The first-order chi connectivity index (χ1) is 6.52. The number of aryl methyl sites for hydroxylation is 1. The monoisotopic (exact) mass is 230 g/mol. The Morgan fingerprint density at radius 2 is 2.07 bits per heavy atom. The molecule has 0 aromatic heterocycles. The van der Waals surface area contributed by atoms with Crippen molar-refractivity contribution in [1.82, 2.24) is 0 Å². The summed E-state index contributed by atoms with van der Waals surface area (Å²) in [6, 6.07) is 3.47. The van der Waals surface area contributed by atoms with Gasteiger partial charge in [-0.25, -0.2) is 4.79 Å². The number of hydrogen-bond donors (Lipinski definition) is 1. The predicted octanol–water partition coefficient (Wildman–Crippen LogP) is 3.40. The average Bonchev–Trinajstić information content (AvgIpc) is 2.11. The van der Waals surface area contributed by atoms with Crippen molar-refractivity contribution >= 4 is 35.2 Å². The van der Waals surface area contributed by atoms with Gasteiger partial charge in [-0.2, -0.15) is 0 Å². The van der Waals surface area contributed by atoms with E-state index in [-0.39, 0.29) is 0 Å². The molecule has 0 bridgehead atoms. The van der Waals surface area contributed by atoms with Gasteiger partial charge in [0, 0.05) is 16.7 Å². The van der Waals surface area contributed by atoms with Crippen molar-refractivity contribution in [3.63, 3.8) is 0 Å². The van der Waals surface area contributed by atoms with Crippen LogP contribution in [0.15, 0.2) is 18.2 Å². The van der Waals surface area contributed by atoms with Crippen molar-refractivity contribution in [3.8, 4) is 0 Å². The molecule has 1 aromatic carbocycles. The Bertz CT molecular complexity index is 397. The minimum Gasteiger partial charge on any atom is -0.478 e. The standard InChI is InChI=1S/C10H8Cl2O2/c1-6-2-4-8(11)7(10(6)12)3-5-9(13)14/h2-5H,1H3,(H,13,14)/b5-3+. The molecule has 14 heavy (non-hydrogen) atoms. The fourth-order valence-corrected chi connectivity index (χ4v) is 1.48. The predicted molar refractivity (Wildman–Crippen MR) is 57.9 cm³/mol. The van der Waals surface area contributed by atoms with E-state index in [1.807, 2.05) is 6.92 Å². The number of rotatable bonds is 2. The number of benzene rings is 1. The van der Waals surface area contributed by atoms with Gasteiger partial charge in [-0.15, -0.1) is 0 Å². The van der Waals surface area contributed by atoms with Gasteiger partial charge in [0.15, 0.2) is 0 Å². The SMILES string of the molecule is Cc1ccc(Cl)c(/C=C/C(=O)O)c1Cl. The molecule has 0 radical (unpaired) electrons. The van der Waals surface area contributed by atoms with Crippen LogP contribution >= 0.6 is 23.2 Å². The van der Waals surface area contributed by atoms with E-state index < -0.39 is 5.97 Å². The molecule has 1 aromatic rings. The molecule has 0 aliphatic heterocycles. The third kappa shape index (κ3) is 2.50. The number of carbonyl (C=O) groups is 1. The Labute approximate surface area is 91.8 Å². The second-order valence-corrected chi connectivity index (χ2v) is 3.55. The largest absolute Gasteiger partial charge is 0.478 e. The maximum atomic E-state index is 10.3. The fourth-order valence-electron chi connectivity index (χ4n) is 0.986. The topological polar surface area (TPSA) is 37.3 Å². The van der Waals surface area contributed by atoms with Crippen LogP contribution in [0.3, 0.4) is 0 Å². The molecule has 0 heterocycles. The van der Waals surface area contributed by atoms with E-state index >= 15 is 0 Å². The van der Waals surface area contributed by atoms with Gasteiger partial charge in [-0.1, -0.05) is 29.3 Å². The molecule has 0 amide bonds. The maximum Gasteiger partial charge on any atom is 0.328 e. The zero-order chi connectivity index (χ0) is 10.7. The van der Waals surface area contributed by atoms with Crippen LogP contribution in [0.1, 0.15) is 11.1 Å². The highest BCUT2D eigenvalue weighted by Crippen LogP contribution is 2.28. The number of aliphatic carboxylic acids is 1. The van der Waals surface area contributed by atoms with Gasteiger partial charge in [0.1, 0.15) is 0 Å². The minimum atomic E-state index is -1.03. The van der Waals surface area contributed by atoms with E-state index in [2.05, 4.69) is 0 Å². The van der Waals surface area contributed by atoms with E-state index in [4.69, 9.17) is 28.3 Å². The molecule has 74 valence electrons. The summed E-state index contributed by atoms with van der Waals surface area (Å²) in [6.07, 6.45) is 2.40. The van der Waals surface area contributed by atoms with Crippen molar-refractivity contribution in [3.05, 3.63) is 39.4 Å². The van der Waals surface area contributed by atoms with Crippen LogP contribution in [-0.4, -0.2) is 11.1 Å². The van der Waals surface area contributed by atoms with E-state index in [1.54, 1.807) is 12.1 Å². The van der Waals surface area contributed by atoms with Crippen molar-refractivity contribution in [2.45, 2.75) is 6.92 Å². The lowest BCUT2D eigenvalue weighted by molar-refractivity contribution is -0.131. The Morgan fingerprint density at radius 3 is 2.64 bits per heavy atom. The van der Waals surface area contributed by atoms with Crippen LogP contribution in [0.5, 0.6) is 0 Å². The van der Waals surface area contributed by atoms with Crippen LogP contribution in [0.4, 0.5) is 0 Å². The summed E-state index contributed by atoms with van der Waals surface area (Å²) in [5.41, 5.74) is 1.40. The van der Waals surface area contributed by atoms with Crippen molar-refractivity contribution in [1.29, 1.82) is 0 Å². The third-order valence-electron chi connectivity index (χ3n) is 1.71. The second-order valence-electron chi connectivity index (χ2n) is 2.76. The van der Waals surface area contributed by atoms with Crippen molar-refractivity contribution in [2.75, 3.05) is 0 Å². The molecule has 1 N–H and O–H groups in total. The summed E-state index contributed by atoms with van der Waals surface area (Å²) in [6.45, 7) is 1.83. The summed E-state index contributed by atoms with van der Waals surface area (Å²) in [5.74, 6) is -1.03. The molecule has 0 atom stereocenters. The molecular formula is C10H8Cl2O2. The summed E-state index contributed by atoms with van der Waals surface area (Å²) >= 11 is 11.8. The molecule has 0 aliphatic carbocycles. The van der Waals surface area contributed by atoms with E-state index in [0.29, 0.717) is 15.6 Å². The zero-order valence-electron chi connectivity index (χ0n) is 7.42. The smallest absolute Gasteiger partial charge is 0.328 e. The van der Waals surface area contributed by atoms with Gasteiger partial charge in [0.2, 0.25) is 0 Å². The van der Waals surface area contributed by atoms with Gasteiger partial charge in [-0.05, 0) is 24.6 Å². The van der Waals surface area contributed by atoms with Crippen LogP contribution in [0.2, 0.25) is 10.0 Å². The normalized spacial score (nSPS) is 10.8. The first kappa shape index (κ1) is 11.1. The highest BCUT2D eigenvalue weighted by molar-refractivity contribution is 6.37. The average molecular weight is 231 g/mol. The zero-order valence-corrected chi connectivity index (χ0v) is 8.93. The van der Waals surface area contributed by atoms with Gasteiger partial charge in [0.25, 0.3) is 0 Å². The van der Waals surface area contributed by atoms with Gasteiger partial charge in [-0.3, -0.25) is 0 Å². The highest BCUT2D eigenvalue weighted by atomic mass is 35.5. The number of halogens is 2. The van der Waals surface area contributed by atoms with Crippen LogP contribution in [-0.2, 0) is 4.79 Å². The van der Waals surface area contributed by atoms with Crippen molar-refractivity contribution in [2.24, 2.45) is 0 Å². The molecule has 0 aliphatic rings. The molecule has 0 saturated carbocycles.